The van der Waals surface area contributed by atoms with E-state index < -0.39 is 24.0 Å². The zero-order chi connectivity index (χ0) is 17.3. The predicted octanol–water partition coefficient (Wildman–Crippen LogP) is 1.91. The van der Waals surface area contributed by atoms with Crippen LogP contribution in [0, 0.1) is 5.92 Å². The monoisotopic (exact) mass is 338 g/mol. The van der Waals surface area contributed by atoms with E-state index in [0.717, 1.165) is 5.56 Å². The smallest absolute Gasteiger partial charge is 0.325 e. The molecule has 0 saturated heterocycles. The molecular formula is C16H19ClN2O4. The minimum absolute atomic E-state index is 0.162. The molecule has 0 spiro atoms. The molecule has 1 aromatic rings. The Labute approximate surface area is 139 Å². The Bertz CT molecular complexity index is 659. The molecule has 124 valence electrons. The molecular weight excluding hydrogens is 320 g/mol. The lowest BCUT2D eigenvalue weighted by Gasteiger charge is -2.30. The van der Waals surface area contributed by atoms with Crippen LogP contribution in [0.2, 0.25) is 5.02 Å². The van der Waals surface area contributed by atoms with Gasteiger partial charge >= 0.3 is 5.97 Å². The first-order valence-corrected chi connectivity index (χ1v) is 7.72. The van der Waals surface area contributed by atoms with Crippen LogP contribution in [0.4, 0.5) is 0 Å². The number of nitrogens with one attached hydrogen (secondary N) is 1. The lowest BCUT2D eigenvalue weighted by molar-refractivity contribution is -0.142. The van der Waals surface area contributed by atoms with Gasteiger partial charge in [-0.3, -0.25) is 14.4 Å². The number of amides is 2. The topological polar surface area (TPSA) is 86.7 Å². The Kier molecular flexibility index (Phi) is 4.94. The van der Waals surface area contributed by atoms with Gasteiger partial charge in [-0.05, 0) is 36.6 Å². The van der Waals surface area contributed by atoms with Crippen molar-refractivity contribution in [1.29, 1.82) is 0 Å². The van der Waals surface area contributed by atoms with Crippen LogP contribution >= 0.6 is 11.6 Å². The Morgan fingerprint density at radius 1 is 1.30 bits per heavy atom. The molecule has 1 aliphatic heterocycles. The van der Waals surface area contributed by atoms with Gasteiger partial charge in [0, 0.05) is 17.1 Å². The summed E-state index contributed by atoms with van der Waals surface area (Å²) >= 11 is 5.95. The van der Waals surface area contributed by atoms with Gasteiger partial charge < -0.3 is 15.3 Å². The summed E-state index contributed by atoms with van der Waals surface area (Å²) in [4.78, 5) is 37.4. The number of benzene rings is 1. The SMILES string of the molecule is CC(C)[C@@H](C(=O)N[C@@H](C)C(=O)O)N1Cc2cc(Cl)ccc2C1=O. The fraction of sp³-hybridized carbons (Fsp3) is 0.438. The highest BCUT2D eigenvalue weighted by molar-refractivity contribution is 6.30. The summed E-state index contributed by atoms with van der Waals surface area (Å²) < 4.78 is 0. The number of rotatable bonds is 5. The standard InChI is InChI=1S/C16H19ClN2O4/c1-8(2)13(14(20)18-9(3)16(22)23)19-7-10-6-11(17)4-5-12(10)15(19)21/h4-6,8-9,13H,7H2,1-3H3,(H,18,20)(H,22,23)/t9-,13-/m0/s1. The number of carbonyl (C=O) groups is 3. The highest BCUT2D eigenvalue weighted by Gasteiger charge is 2.38. The van der Waals surface area contributed by atoms with Gasteiger partial charge in [0.1, 0.15) is 12.1 Å². The maximum absolute atomic E-state index is 12.6. The fourth-order valence-electron chi connectivity index (χ4n) is 2.70. The second-order valence-electron chi connectivity index (χ2n) is 5.99. The first-order valence-electron chi connectivity index (χ1n) is 7.35. The lowest BCUT2D eigenvalue weighted by Crippen LogP contribution is -2.53. The molecule has 1 heterocycles. The minimum atomic E-state index is -1.12. The zero-order valence-electron chi connectivity index (χ0n) is 13.2. The van der Waals surface area contributed by atoms with Crippen molar-refractivity contribution in [2.75, 3.05) is 0 Å². The summed E-state index contributed by atoms with van der Waals surface area (Å²) in [5.41, 5.74) is 1.30. The van der Waals surface area contributed by atoms with Gasteiger partial charge in [0.25, 0.3) is 5.91 Å². The maximum atomic E-state index is 12.6. The molecule has 0 aliphatic carbocycles. The molecule has 2 amide bonds. The van der Waals surface area contributed by atoms with Crippen molar-refractivity contribution in [2.24, 2.45) is 5.92 Å². The molecule has 1 aliphatic rings. The molecule has 0 aromatic heterocycles. The third kappa shape index (κ3) is 3.47. The molecule has 0 fully saturated rings. The number of hydrogen-bond donors (Lipinski definition) is 2. The van der Waals surface area contributed by atoms with Crippen molar-refractivity contribution < 1.29 is 19.5 Å². The number of nitrogens with zero attached hydrogens (tertiary/aromatic N) is 1. The van der Waals surface area contributed by atoms with Gasteiger partial charge in [-0.15, -0.1) is 0 Å². The minimum Gasteiger partial charge on any atom is -0.480 e. The average molecular weight is 339 g/mol. The summed E-state index contributed by atoms with van der Waals surface area (Å²) in [5, 5.41) is 11.9. The van der Waals surface area contributed by atoms with Crippen molar-refractivity contribution in [3.63, 3.8) is 0 Å². The van der Waals surface area contributed by atoms with Crippen molar-refractivity contribution in [1.82, 2.24) is 10.2 Å². The normalized spacial score (nSPS) is 16.2. The number of hydrogen-bond acceptors (Lipinski definition) is 3. The molecule has 0 bridgehead atoms. The average Bonchev–Trinajstić information content (AvgIpc) is 2.74. The van der Waals surface area contributed by atoms with E-state index in [9.17, 15) is 14.4 Å². The second kappa shape index (κ2) is 6.58. The van der Waals surface area contributed by atoms with Crippen LogP contribution < -0.4 is 5.32 Å². The molecule has 7 heteroatoms. The largest absolute Gasteiger partial charge is 0.480 e. The van der Waals surface area contributed by atoms with Crippen molar-refractivity contribution in [2.45, 2.75) is 39.4 Å². The van der Waals surface area contributed by atoms with Crippen LogP contribution in [-0.4, -0.2) is 39.9 Å². The van der Waals surface area contributed by atoms with Crippen LogP contribution in [0.1, 0.15) is 36.7 Å². The van der Waals surface area contributed by atoms with Crippen LogP contribution in [0.5, 0.6) is 0 Å². The quantitative estimate of drug-likeness (QED) is 0.858. The molecule has 2 atom stereocenters. The number of fused-ring (bicyclic) bond motifs is 1. The molecule has 2 rings (SSSR count). The fourth-order valence-corrected chi connectivity index (χ4v) is 2.90. The van der Waals surface area contributed by atoms with Gasteiger partial charge in [-0.25, -0.2) is 0 Å². The van der Waals surface area contributed by atoms with E-state index in [1.165, 1.54) is 11.8 Å². The second-order valence-corrected chi connectivity index (χ2v) is 6.43. The number of carboxylic acids is 1. The number of halogens is 1. The molecule has 6 nitrogen and oxygen atoms in total. The van der Waals surface area contributed by atoms with E-state index in [0.29, 0.717) is 10.6 Å². The lowest BCUT2D eigenvalue weighted by atomic mass is 10.0. The first-order chi connectivity index (χ1) is 10.7. The highest BCUT2D eigenvalue weighted by atomic mass is 35.5. The number of carboxylic acid groups (broad SMARTS) is 1. The van der Waals surface area contributed by atoms with Gasteiger partial charge in [-0.1, -0.05) is 25.4 Å². The molecule has 23 heavy (non-hydrogen) atoms. The summed E-state index contributed by atoms with van der Waals surface area (Å²) in [6, 6.07) is 3.24. The van der Waals surface area contributed by atoms with Crippen molar-refractivity contribution >= 4 is 29.4 Å². The van der Waals surface area contributed by atoms with Crippen LogP contribution in [0.25, 0.3) is 0 Å². The van der Waals surface area contributed by atoms with Crippen LogP contribution in [-0.2, 0) is 16.1 Å². The van der Waals surface area contributed by atoms with Crippen LogP contribution in [0.15, 0.2) is 18.2 Å². The zero-order valence-corrected chi connectivity index (χ0v) is 13.9. The third-order valence-corrected chi connectivity index (χ3v) is 4.10. The Hall–Kier alpha value is -2.08. The molecule has 1 aromatic carbocycles. The van der Waals surface area contributed by atoms with E-state index >= 15 is 0 Å². The molecule has 0 unspecified atom stereocenters. The van der Waals surface area contributed by atoms with Gasteiger partial charge in [0.2, 0.25) is 5.91 Å². The van der Waals surface area contributed by atoms with E-state index in [2.05, 4.69) is 5.32 Å². The molecule has 0 radical (unpaired) electrons. The Balaban J connectivity index is 2.25. The van der Waals surface area contributed by atoms with Gasteiger partial charge in [0.05, 0.1) is 0 Å². The predicted molar refractivity (Wildman–Crippen MR) is 85.2 cm³/mol. The molecule has 2 N–H and O–H groups in total. The number of carbonyl (C=O) groups excluding carboxylic acids is 2. The van der Waals surface area contributed by atoms with E-state index in [1.54, 1.807) is 18.2 Å². The van der Waals surface area contributed by atoms with Gasteiger partial charge in [0.15, 0.2) is 0 Å². The summed E-state index contributed by atoms with van der Waals surface area (Å²) in [5.74, 6) is -2.00. The highest BCUT2D eigenvalue weighted by Crippen LogP contribution is 2.29. The van der Waals surface area contributed by atoms with E-state index in [1.807, 2.05) is 13.8 Å². The van der Waals surface area contributed by atoms with Crippen molar-refractivity contribution in [3.05, 3.63) is 34.3 Å². The molecule has 0 saturated carbocycles. The summed E-state index contributed by atoms with van der Waals surface area (Å²) in [6.45, 7) is 5.31. The Morgan fingerprint density at radius 3 is 2.52 bits per heavy atom. The first kappa shape index (κ1) is 17.3. The third-order valence-electron chi connectivity index (χ3n) is 3.86. The van der Waals surface area contributed by atoms with E-state index in [-0.39, 0.29) is 18.4 Å². The number of aliphatic carboxylic acids is 1. The van der Waals surface area contributed by atoms with Crippen LogP contribution in [0.3, 0.4) is 0 Å². The van der Waals surface area contributed by atoms with Crippen molar-refractivity contribution in [3.8, 4) is 0 Å². The van der Waals surface area contributed by atoms with E-state index in [4.69, 9.17) is 16.7 Å². The van der Waals surface area contributed by atoms with Gasteiger partial charge in [-0.2, -0.15) is 0 Å². The maximum Gasteiger partial charge on any atom is 0.325 e. The summed E-state index contributed by atoms with van der Waals surface area (Å²) in [7, 11) is 0. The Morgan fingerprint density at radius 2 is 1.96 bits per heavy atom. The summed E-state index contributed by atoms with van der Waals surface area (Å²) in [6.07, 6.45) is 0.